The highest BCUT2D eigenvalue weighted by atomic mass is 19.1. The average molecular weight is 1520 g/mol. The quantitative estimate of drug-likeness (QED) is 0.0970. The Labute approximate surface area is 674 Å². The first-order valence-electron chi connectivity index (χ1n) is 37.7. The zero-order chi connectivity index (χ0) is 81.5. The van der Waals surface area contributed by atoms with Crippen molar-refractivity contribution in [3.63, 3.8) is 0 Å². The lowest BCUT2D eigenvalue weighted by Crippen LogP contribution is -2.10. The van der Waals surface area contributed by atoms with Crippen LogP contribution in [0.15, 0.2) is 285 Å². The molecule has 21 aromatic rings. The molecule has 0 saturated heterocycles. The maximum atomic E-state index is 14.4. The molecule has 0 fully saturated rings. The van der Waals surface area contributed by atoms with Gasteiger partial charge in [-0.15, -0.1) is 0 Å². The summed E-state index contributed by atoms with van der Waals surface area (Å²) in [5.74, 6) is -3.03. The molecule has 0 atom stereocenters. The molecule has 8 nitrogen and oxygen atoms in total. The van der Waals surface area contributed by atoms with Gasteiger partial charge in [0.15, 0.2) is 0 Å². The third-order valence-electron chi connectivity index (χ3n) is 22.6. The fourth-order valence-corrected chi connectivity index (χ4v) is 17.0. The van der Waals surface area contributed by atoms with Gasteiger partial charge in [0, 0.05) is 0 Å². The molecule has 0 aliphatic rings. The van der Waals surface area contributed by atoms with E-state index in [0.717, 1.165) is 87.1 Å². The Balaban J connectivity index is 0.000000109. The second-order valence-electron chi connectivity index (χ2n) is 30.3. The van der Waals surface area contributed by atoms with Crippen molar-refractivity contribution in [3.8, 4) is 79.9 Å². The monoisotopic (exact) mass is 1520 g/mol. The Morgan fingerprint density at radius 2 is 0.475 bits per heavy atom. The predicted octanol–water partition coefficient (Wildman–Crippen LogP) is 30.2. The largest absolute Gasteiger partial charge is 0.235 e. The van der Waals surface area contributed by atoms with Gasteiger partial charge in [-0.25, -0.2) is 36.9 Å². The second kappa shape index (κ2) is 28.9. The van der Waals surface area contributed by atoms with Gasteiger partial charge in [-0.05, 0) is 269 Å². The highest BCUT2D eigenvalue weighted by Crippen LogP contribution is 2.48. The molecule has 0 N–H and O–H groups in total. The van der Waals surface area contributed by atoms with E-state index in [4.69, 9.17) is 26.3 Å². The molecule has 548 valence electrons. The standard InChI is InChI=1S/C30H15FN2.C28H19FN2.2C24H11FN2/c1-33-27-16-21(15-22(17-32)30(27)31)24-12-8-20-9-13-25-23(18-5-3-2-4-6-18)11-7-19-10-14-26(24)29(20)28(19)25;1-28(2,3)23-12-18-7-5-16-9-20(10-17-6-8-19(13-23)26(18)25(16)17)21-11-22(15-30)27(29)24(14-21)31-4;1-27-21-12-19(11-20(13-26)24(21)25)18-9-16-7-5-14-3-2-4-15-6-8-17(10-18)23(16)22(14)15;1-27-21-12-17(11-18(13-26)24(21)25)19-9-7-16-6-5-14-3-2-4-15-8-10-20(19)23(16)22(14)15/h2-16H;5-14H,1-3H3;2*2-12H. The van der Waals surface area contributed by atoms with Crippen molar-refractivity contribution in [2.45, 2.75) is 26.2 Å². The van der Waals surface area contributed by atoms with Crippen LogP contribution >= 0.6 is 0 Å². The van der Waals surface area contributed by atoms with Gasteiger partial charge < -0.3 is 0 Å². The summed E-state index contributed by atoms with van der Waals surface area (Å²) in [6.07, 6.45) is 0. The zero-order valence-corrected chi connectivity index (χ0v) is 63.2. The van der Waals surface area contributed by atoms with Crippen LogP contribution in [-0.2, 0) is 5.41 Å². The third-order valence-corrected chi connectivity index (χ3v) is 22.6. The first-order chi connectivity index (χ1) is 57.4. The number of nitrogens with zero attached hydrogens (tertiary/aromatic N) is 8. The SMILES string of the molecule is [C-]#[N+]c1cc(-c2cc3ccc4cc(C(C)(C)C)cc5ccc(c2)c3c45)cc(C#N)c1F.[C-]#[N+]c1cc(-c2cc3ccc4cccc5ccc(c2)c3c45)cc(C#N)c1F.[C-]#[N+]c1cc(-c2ccc3ccc4c(-c5ccccc5)ccc5ccc2c3c54)cc(C#N)c1F.[C-]#[N+]c1cc(-c2ccc3ccc4cccc5ccc2c3c45)cc(C#N)c1F. The van der Waals surface area contributed by atoms with E-state index >= 15 is 0 Å². The average Bonchev–Trinajstić information content (AvgIpc) is 1.22. The van der Waals surface area contributed by atoms with Crippen molar-refractivity contribution in [1.82, 2.24) is 0 Å². The highest BCUT2D eigenvalue weighted by Gasteiger charge is 2.24. The van der Waals surface area contributed by atoms with Gasteiger partial charge in [0.25, 0.3) is 0 Å². The highest BCUT2D eigenvalue weighted by molar-refractivity contribution is 6.30. The van der Waals surface area contributed by atoms with Gasteiger partial charge >= 0.3 is 0 Å². The Bertz CT molecular complexity index is 7920. The molecule has 21 rings (SSSR count). The minimum absolute atomic E-state index is 0.0687. The smallest absolute Gasteiger partial charge is 0.224 e. The topological polar surface area (TPSA) is 113 Å². The van der Waals surface area contributed by atoms with Gasteiger partial charge in [-0.3, -0.25) is 0 Å². The summed E-state index contributed by atoms with van der Waals surface area (Å²) in [4.78, 5) is 13.0. The number of nitriles is 4. The summed E-state index contributed by atoms with van der Waals surface area (Å²) in [5.41, 5.74) is 8.92. The van der Waals surface area contributed by atoms with Gasteiger partial charge in [0.1, 0.15) is 47.5 Å². The number of rotatable bonds is 5. The number of hydrogen-bond donors (Lipinski definition) is 0. The molecule has 0 radical (unpaired) electrons. The van der Waals surface area contributed by atoms with Crippen molar-refractivity contribution in [2.75, 3.05) is 0 Å². The minimum Gasteiger partial charge on any atom is -0.235 e. The van der Waals surface area contributed by atoms with Crippen molar-refractivity contribution in [3.05, 3.63) is 382 Å². The molecule has 0 spiro atoms. The lowest BCUT2D eigenvalue weighted by atomic mass is 9.83. The van der Waals surface area contributed by atoms with Gasteiger partial charge in [-0.1, -0.05) is 233 Å². The van der Waals surface area contributed by atoms with Crippen LogP contribution < -0.4 is 0 Å². The van der Waals surface area contributed by atoms with Crippen molar-refractivity contribution in [2.24, 2.45) is 0 Å². The van der Waals surface area contributed by atoms with E-state index in [1.165, 1.54) is 130 Å². The second-order valence-corrected chi connectivity index (χ2v) is 30.3. The first kappa shape index (κ1) is 72.9. The molecule has 0 aromatic heterocycles. The van der Waals surface area contributed by atoms with E-state index in [0.29, 0.717) is 22.3 Å². The van der Waals surface area contributed by atoms with Crippen LogP contribution in [0.4, 0.5) is 40.3 Å². The van der Waals surface area contributed by atoms with Gasteiger partial charge in [0.2, 0.25) is 22.7 Å². The van der Waals surface area contributed by atoms with Crippen LogP contribution in [0.2, 0.25) is 0 Å². The molecular weight excluding hydrogens is 1460 g/mol. The fraction of sp³-hybridized carbons (Fsp3) is 0.0377. The zero-order valence-electron chi connectivity index (χ0n) is 63.2. The maximum Gasteiger partial charge on any atom is 0.224 e. The van der Waals surface area contributed by atoms with Crippen LogP contribution in [0.25, 0.3) is 204 Å². The number of halogens is 4. The van der Waals surface area contributed by atoms with Crippen molar-refractivity contribution in [1.29, 1.82) is 21.0 Å². The normalized spacial score (nSPS) is 11.3. The van der Waals surface area contributed by atoms with E-state index in [-0.39, 0.29) is 50.4 Å². The first-order valence-corrected chi connectivity index (χ1v) is 37.7. The Morgan fingerprint density at radius 3 is 0.788 bits per heavy atom. The Kier molecular flexibility index (Phi) is 17.8. The molecular formula is C106H56F4N8. The van der Waals surface area contributed by atoms with E-state index in [1.807, 2.05) is 78.9 Å². The summed E-state index contributed by atoms with van der Waals surface area (Å²) >= 11 is 0. The van der Waals surface area contributed by atoms with Crippen LogP contribution in [0.3, 0.4) is 0 Å². The van der Waals surface area contributed by atoms with Crippen LogP contribution in [0.5, 0.6) is 0 Å². The van der Waals surface area contributed by atoms with Crippen LogP contribution in [0.1, 0.15) is 48.6 Å². The summed E-state index contributed by atoms with van der Waals surface area (Å²) in [7, 11) is 0. The van der Waals surface area contributed by atoms with Crippen LogP contribution in [0, 0.1) is 94.9 Å². The molecule has 21 aromatic carbocycles. The molecule has 12 heteroatoms. The Hall–Kier alpha value is -16.6. The minimum atomic E-state index is -0.763. The molecule has 0 unspecified atom stereocenters. The predicted molar refractivity (Wildman–Crippen MR) is 470 cm³/mol. The molecule has 0 amide bonds. The third kappa shape index (κ3) is 12.2. The maximum absolute atomic E-state index is 14.4. The lowest BCUT2D eigenvalue weighted by molar-refractivity contribution is 0.591. The van der Waals surface area contributed by atoms with E-state index in [2.05, 4.69) is 222 Å². The molecule has 0 bridgehead atoms. The summed E-state index contributed by atoms with van der Waals surface area (Å²) in [6.45, 7) is 35.7. The number of benzene rings is 21. The van der Waals surface area contributed by atoms with Gasteiger partial charge in [-0.2, -0.15) is 21.0 Å². The molecule has 0 saturated carbocycles. The van der Waals surface area contributed by atoms with Crippen LogP contribution in [-0.4, -0.2) is 0 Å². The van der Waals surface area contributed by atoms with E-state index in [1.54, 1.807) is 0 Å². The summed E-state index contributed by atoms with van der Waals surface area (Å²) < 4.78 is 56.9. The van der Waals surface area contributed by atoms with Gasteiger partial charge in [0.05, 0.1) is 48.5 Å². The molecule has 118 heavy (non-hydrogen) atoms. The van der Waals surface area contributed by atoms with Crippen molar-refractivity contribution < 1.29 is 17.6 Å². The number of hydrogen-bond acceptors (Lipinski definition) is 4. The fourth-order valence-electron chi connectivity index (χ4n) is 17.0. The Morgan fingerprint density at radius 1 is 0.237 bits per heavy atom. The lowest BCUT2D eigenvalue weighted by Gasteiger charge is -2.21. The molecule has 0 aliphatic heterocycles. The van der Waals surface area contributed by atoms with E-state index < -0.39 is 23.3 Å². The molecule has 0 aliphatic carbocycles. The van der Waals surface area contributed by atoms with Crippen molar-refractivity contribution >= 4 is 152 Å². The summed E-state index contributed by atoms with van der Waals surface area (Å²) in [5, 5.41) is 64.8. The summed E-state index contributed by atoms with van der Waals surface area (Å²) in [6, 6.07) is 101. The van der Waals surface area contributed by atoms with E-state index in [9.17, 15) is 38.6 Å². The molecule has 0 heterocycles.